The molecular formula is C14H14N2O4. The van der Waals surface area contributed by atoms with Crippen LogP contribution in [0.25, 0.3) is 11.4 Å². The molecule has 2 heterocycles. The normalized spacial score (nSPS) is 22.1. The van der Waals surface area contributed by atoms with E-state index in [-0.39, 0.29) is 17.6 Å². The van der Waals surface area contributed by atoms with E-state index in [1.807, 2.05) is 6.92 Å². The summed E-state index contributed by atoms with van der Waals surface area (Å²) in [5, 5.41) is 12.8. The first-order chi connectivity index (χ1) is 9.63. The zero-order valence-corrected chi connectivity index (χ0v) is 10.9. The van der Waals surface area contributed by atoms with Crippen LogP contribution in [0, 0.1) is 0 Å². The van der Waals surface area contributed by atoms with E-state index in [0.29, 0.717) is 18.3 Å². The van der Waals surface area contributed by atoms with Crippen LogP contribution in [0.4, 0.5) is 0 Å². The fraction of sp³-hybridized carbons (Fsp3) is 0.357. The number of ether oxygens (including phenoxy) is 1. The molecule has 6 heteroatoms. The van der Waals surface area contributed by atoms with Gasteiger partial charge < -0.3 is 14.4 Å². The molecule has 1 aromatic carbocycles. The molecule has 2 atom stereocenters. The van der Waals surface area contributed by atoms with Crippen molar-refractivity contribution in [3.05, 3.63) is 35.7 Å². The number of hydrogen-bond donors (Lipinski definition) is 1. The van der Waals surface area contributed by atoms with Gasteiger partial charge in [-0.15, -0.1) is 0 Å². The van der Waals surface area contributed by atoms with Crippen molar-refractivity contribution in [2.75, 3.05) is 6.61 Å². The SMILES string of the molecule is CC1CC(c2nc(-c3ccc(C(=O)O)cc3)no2)CO1. The van der Waals surface area contributed by atoms with Crippen molar-refractivity contribution in [2.24, 2.45) is 0 Å². The third-order valence-electron chi connectivity index (χ3n) is 3.38. The second kappa shape index (κ2) is 5.05. The Morgan fingerprint density at radius 2 is 2.10 bits per heavy atom. The van der Waals surface area contributed by atoms with Crippen LogP contribution in [0.5, 0.6) is 0 Å². The number of hydrogen-bond acceptors (Lipinski definition) is 5. The van der Waals surface area contributed by atoms with Gasteiger partial charge in [-0.3, -0.25) is 0 Å². The monoisotopic (exact) mass is 274 g/mol. The van der Waals surface area contributed by atoms with E-state index < -0.39 is 5.97 Å². The Bertz CT molecular complexity index is 620. The standard InChI is InChI=1S/C14H14N2O4/c1-8-6-11(7-19-8)13-15-12(16-20-13)9-2-4-10(5-3-9)14(17)18/h2-5,8,11H,6-7H2,1H3,(H,17,18). The topological polar surface area (TPSA) is 85.5 Å². The molecule has 0 bridgehead atoms. The van der Waals surface area contributed by atoms with Gasteiger partial charge in [-0.1, -0.05) is 17.3 Å². The molecule has 0 aliphatic carbocycles. The molecule has 0 spiro atoms. The highest BCUT2D eigenvalue weighted by molar-refractivity contribution is 5.88. The first-order valence-electron chi connectivity index (χ1n) is 6.42. The number of benzene rings is 1. The van der Waals surface area contributed by atoms with Crippen molar-refractivity contribution in [1.29, 1.82) is 0 Å². The average Bonchev–Trinajstić information content (AvgIpc) is 3.07. The van der Waals surface area contributed by atoms with Gasteiger partial charge in [0.05, 0.1) is 24.2 Å². The number of carboxylic acid groups (broad SMARTS) is 1. The summed E-state index contributed by atoms with van der Waals surface area (Å²) >= 11 is 0. The molecule has 6 nitrogen and oxygen atoms in total. The third kappa shape index (κ3) is 2.42. The molecule has 0 saturated carbocycles. The largest absolute Gasteiger partial charge is 0.478 e. The molecule has 20 heavy (non-hydrogen) atoms. The van der Waals surface area contributed by atoms with Gasteiger partial charge in [-0.2, -0.15) is 4.98 Å². The van der Waals surface area contributed by atoms with E-state index in [1.165, 1.54) is 12.1 Å². The summed E-state index contributed by atoms with van der Waals surface area (Å²) in [4.78, 5) is 15.2. The fourth-order valence-corrected chi connectivity index (χ4v) is 2.27. The molecule has 1 N–H and O–H groups in total. The highest BCUT2D eigenvalue weighted by Gasteiger charge is 2.28. The third-order valence-corrected chi connectivity index (χ3v) is 3.38. The molecule has 104 valence electrons. The van der Waals surface area contributed by atoms with Gasteiger partial charge in [0.25, 0.3) is 0 Å². The summed E-state index contributed by atoms with van der Waals surface area (Å²) in [6.45, 7) is 2.61. The first-order valence-corrected chi connectivity index (χ1v) is 6.42. The molecule has 1 saturated heterocycles. The van der Waals surface area contributed by atoms with Crippen molar-refractivity contribution >= 4 is 5.97 Å². The van der Waals surface area contributed by atoms with Crippen LogP contribution in [0.3, 0.4) is 0 Å². The fourth-order valence-electron chi connectivity index (χ4n) is 2.27. The maximum absolute atomic E-state index is 10.8. The minimum Gasteiger partial charge on any atom is -0.478 e. The lowest BCUT2D eigenvalue weighted by Crippen LogP contribution is -1.98. The number of rotatable bonds is 3. The number of nitrogens with zero attached hydrogens (tertiary/aromatic N) is 2. The maximum Gasteiger partial charge on any atom is 0.335 e. The maximum atomic E-state index is 10.8. The lowest BCUT2D eigenvalue weighted by molar-refractivity contribution is 0.0697. The van der Waals surface area contributed by atoms with Gasteiger partial charge in [0.2, 0.25) is 11.7 Å². The Morgan fingerprint density at radius 1 is 1.35 bits per heavy atom. The minimum atomic E-state index is -0.956. The van der Waals surface area contributed by atoms with Crippen LogP contribution in [0.2, 0.25) is 0 Å². The summed E-state index contributed by atoms with van der Waals surface area (Å²) < 4.78 is 10.8. The van der Waals surface area contributed by atoms with Crippen LogP contribution < -0.4 is 0 Å². The van der Waals surface area contributed by atoms with Crippen LogP contribution in [0.1, 0.15) is 35.5 Å². The smallest absolute Gasteiger partial charge is 0.335 e. The lowest BCUT2D eigenvalue weighted by atomic mass is 10.1. The lowest BCUT2D eigenvalue weighted by Gasteiger charge is -1.98. The minimum absolute atomic E-state index is 0.143. The summed E-state index contributed by atoms with van der Waals surface area (Å²) in [6.07, 6.45) is 1.09. The molecule has 1 aliphatic rings. The number of aromatic carboxylic acids is 1. The van der Waals surface area contributed by atoms with Gasteiger partial charge in [-0.25, -0.2) is 4.79 Å². The van der Waals surface area contributed by atoms with Gasteiger partial charge in [0.15, 0.2) is 0 Å². The second-order valence-electron chi connectivity index (χ2n) is 4.92. The van der Waals surface area contributed by atoms with E-state index in [4.69, 9.17) is 14.4 Å². The molecule has 2 unspecified atom stereocenters. The average molecular weight is 274 g/mol. The Morgan fingerprint density at radius 3 is 2.70 bits per heavy atom. The van der Waals surface area contributed by atoms with Gasteiger partial charge in [0, 0.05) is 5.56 Å². The predicted octanol–water partition coefficient (Wildman–Crippen LogP) is 2.33. The van der Waals surface area contributed by atoms with Crippen molar-refractivity contribution in [2.45, 2.75) is 25.4 Å². The Kier molecular flexibility index (Phi) is 3.23. The Labute approximate surface area is 115 Å². The second-order valence-corrected chi connectivity index (χ2v) is 4.92. The summed E-state index contributed by atoms with van der Waals surface area (Å²) in [6, 6.07) is 6.39. The van der Waals surface area contributed by atoms with Crippen LogP contribution >= 0.6 is 0 Å². The molecule has 1 aliphatic heterocycles. The predicted molar refractivity (Wildman–Crippen MR) is 69.5 cm³/mol. The molecule has 3 rings (SSSR count). The first kappa shape index (κ1) is 12.8. The number of aromatic nitrogens is 2. The summed E-state index contributed by atoms with van der Waals surface area (Å²) in [7, 11) is 0. The zero-order chi connectivity index (χ0) is 14.1. The molecule has 0 radical (unpaired) electrons. The number of carbonyl (C=O) groups is 1. The van der Waals surface area contributed by atoms with E-state index in [9.17, 15) is 4.79 Å². The van der Waals surface area contributed by atoms with Crippen LogP contribution in [-0.2, 0) is 4.74 Å². The van der Waals surface area contributed by atoms with E-state index in [2.05, 4.69) is 10.1 Å². The molecular weight excluding hydrogens is 260 g/mol. The van der Waals surface area contributed by atoms with Gasteiger partial charge >= 0.3 is 5.97 Å². The summed E-state index contributed by atoms with van der Waals surface area (Å²) in [5.74, 6) is 0.232. The van der Waals surface area contributed by atoms with Crippen molar-refractivity contribution in [3.63, 3.8) is 0 Å². The van der Waals surface area contributed by atoms with E-state index in [1.54, 1.807) is 12.1 Å². The highest BCUT2D eigenvalue weighted by atomic mass is 16.5. The quantitative estimate of drug-likeness (QED) is 0.924. The molecule has 0 amide bonds. The van der Waals surface area contributed by atoms with Crippen LogP contribution in [0.15, 0.2) is 28.8 Å². The number of carboxylic acids is 1. The molecule has 1 fully saturated rings. The van der Waals surface area contributed by atoms with Crippen molar-refractivity contribution < 1.29 is 19.2 Å². The van der Waals surface area contributed by atoms with Gasteiger partial charge in [0.1, 0.15) is 0 Å². The van der Waals surface area contributed by atoms with Gasteiger partial charge in [-0.05, 0) is 25.5 Å². The van der Waals surface area contributed by atoms with E-state index >= 15 is 0 Å². The van der Waals surface area contributed by atoms with E-state index in [0.717, 1.165) is 12.0 Å². The molecule has 1 aromatic heterocycles. The van der Waals surface area contributed by atoms with Crippen LogP contribution in [-0.4, -0.2) is 33.9 Å². The summed E-state index contributed by atoms with van der Waals surface area (Å²) in [5.41, 5.74) is 0.965. The van der Waals surface area contributed by atoms with Crippen molar-refractivity contribution in [3.8, 4) is 11.4 Å². The Balaban J connectivity index is 1.81. The Hall–Kier alpha value is -2.21. The van der Waals surface area contributed by atoms with Crippen molar-refractivity contribution in [1.82, 2.24) is 10.1 Å². The highest BCUT2D eigenvalue weighted by Crippen LogP contribution is 2.29. The molecule has 2 aromatic rings. The zero-order valence-electron chi connectivity index (χ0n) is 10.9.